The first-order chi connectivity index (χ1) is 15.6. The van der Waals surface area contributed by atoms with E-state index in [-0.39, 0.29) is 5.91 Å². The normalized spacial score (nSPS) is 24.9. The molecule has 1 aliphatic carbocycles. The van der Waals surface area contributed by atoms with Gasteiger partial charge in [-0.3, -0.25) is 14.6 Å². The van der Waals surface area contributed by atoms with Gasteiger partial charge in [-0.15, -0.1) is 0 Å². The van der Waals surface area contributed by atoms with Gasteiger partial charge in [0, 0.05) is 70.6 Å². The lowest BCUT2D eigenvalue weighted by molar-refractivity contribution is 0.0515. The number of amides is 1. The SMILES string of the molecule is C[C@H]1CN(Cc2c(C(=O)N3CCN(C4CCCCC4)CC3)nc3ccccn23)CCN1C. The Balaban J connectivity index is 1.32. The van der Waals surface area contributed by atoms with Crippen LogP contribution in [0.1, 0.15) is 55.2 Å². The number of hydrogen-bond donors (Lipinski definition) is 0. The number of piperazine rings is 2. The van der Waals surface area contributed by atoms with Crippen LogP contribution in [-0.2, 0) is 6.54 Å². The molecule has 0 aromatic carbocycles. The molecule has 5 rings (SSSR count). The molecule has 2 aromatic rings. The zero-order valence-electron chi connectivity index (χ0n) is 19.7. The zero-order chi connectivity index (χ0) is 22.1. The first-order valence-electron chi connectivity index (χ1n) is 12.5. The fraction of sp³-hybridized carbons (Fsp3) is 0.680. The quantitative estimate of drug-likeness (QED) is 0.734. The van der Waals surface area contributed by atoms with Gasteiger partial charge in [-0.05, 0) is 38.9 Å². The van der Waals surface area contributed by atoms with Crippen molar-refractivity contribution in [2.45, 2.75) is 57.7 Å². The number of nitrogens with zero attached hydrogens (tertiary/aromatic N) is 6. The number of carbonyl (C=O) groups is 1. The van der Waals surface area contributed by atoms with Gasteiger partial charge in [0.05, 0.1) is 5.69 Å². The minimum atomic E-state index is 0.106. The molecule has 0 bridgehead atoms. The van der Waals surface area contributed by atoms with Gasteiger partial charge in [0.2, 0.25) is 0 Å². The summed E-state index contributed by atoms with van der Waals surface area (Å²) >= 11 is 0. The summed E-state index contributed by atoms with van der Waals surface area (Å²) in [5.41, 5.74) is 2.56. The van der Waals surface area contributed by atoms with Crippen LogP contribution in [0.25, 0.3) is 5.65 Å². The second-order valence-corrected chi connectivity index (χ2v) is 10.0. The minimum absolute atomic E-state index is 0.106. The van der Waals surface area contributed by atoms with Crippen LogP contribution in [0.3, 0.4) is 0 Å². The van der Waals surface area contributed by atoms with Crippen LogP contribution in [0, 0.1) is 0 Å². The first kappa shape index (κ1) is 21.9. The monoisotopic (exact) mass is 438 g/mol. The predicted molar refractivity (Wildman–Crippen MR) is 127 cm³/mol. The van der Waals surface area contributed by atoms with Crippen molar-refractivity contribution in [2.75, 3.05) is 52.9 Å². The Morgan fingerprint density at radius 1 is 1.03 bits per heavy atom. The van der Waals surface area contributed by atoms with Gasteiger partial charge >= 0.3 is 0 Å². The molecule has 2 saturated heterocycles. The van der Waals surface area contributed by atoms with E-state index in [9.17, 15) is 4.79 Å². The van der Waals surface area contributed by atoms with Crippen LogP contribution in [0.5, 0.6) is 0 Å². The van der Waals surface area contributed by atoms with Gasteiger partial charge in [0.25, 0.3) is 5.91 Å². The van der Waals surface area contributed by atoms with Crippen molar-refractivity contribution in [1.29, 1.82) is 0 Å². The lowest BCUT2D eigenvalue weighted by atomic mass is 9.94. The third kappa shape index (κ3) is 4.43. The molecular formula is C25H38N6O. The van der Waals surface area contributed by atoms with Crippen molar-refractivity contribution in [1.82, 2.24) is 29.0 Å². The summed E-state index contributed by atoms with van der Waals surface area (Å²) in [6, 6.07) is 7.29. The second-order valence-electron chi connectivity index (χ2n) is 10.0. The molecule has 0 radical (unpaired) electrons. The predicted octanol–water partition coefficient (Wildman–Crippen LogP) is 2.56. The summed E-state index contributed by atoms with van der Waals surface area (Å²) in [5, 5.41) is 0. The Bertz CT molecular complexity index is 928. The van der Waals surface area contributed by atoms with E-state index in [1.165, 1.54) is 32.1 Å². The third-order valence-corrected chi connectivity index (χ3v) is 7.94. The highest BCUT2D eigenvalue weighted by Gasteiger charge is 2.31. The molecule has 0 unspecified atom stereocenters. The molecule has 1 amide bonds. The van der Waals surface area contributed by atoms with E-state index < -0.39 is 0 Å². The van der Waals surface area contributed by atoms with Gasteiger partial charge in [-0.1, -0.05) is 25.3 Å². The summed E-state index contributed by atoms with van der Waals surface area (Å²) in [7, 11) is 2.19. The average Bonchev–Trinajstić information content (AvgIpc) is 3.20. The lowest BCUT2D eigenvalue weighted by Crippen LogP contribution is -2.52. The Morgan fingerprint density at radius 2 is 1.81 bits per heavy atom. The first-order valence-corrected chi connectivity index (χ1v) is 12.5. The van der Waals surface area contributed by atoms with Crippen LogP contribution < -0.4 is 0 Å². The number of imidazole rings is 1. The highest BCUT2D eigenvalue weighted by Crippen LogP contribution is 2.24. The highest BCUT2D eigenvalue weighted by molar-refractivity contribution is 5.94. The van der Waals surface area contributed by atoms with Gasteiger partial charge in [-0.2, -0.15) is 0 Å². The van der Waals surface area contributed by atoms with Crippen LogP contribution in [-0.4, -0.2) is 99.8 Å². The summed E-state index contributed by atoms with van der Waals surface area (Å²) in [5.74, 6) is 0.106. The van der Waals surface area contributed by atoms with Crippen molar-refractivity contribution < 1.29 is 4.79 Å². The summed E-state index contributed by atoms with van der Waals surface area (Å²) in [6.45, 7) is 9.76. The van der Waals surface area contributed by atoms with E-state index in [1.807, 2.05) is 23.1 Å². The molecule has 3 aliphatic rings. The van der Waals surface area contributed by atoms with Gasteiger partial charge in [0.1, 0.15) is 5.65 Å². The molecule has 2 aromatic heterocycles. The standard InChI is InChI=1S/C25H38N6O/c1-20-18-28(13-12-27(20)2)19-22-24(26-23-10-6-7-11-31(22)23)25(32)30-16-14-29(15-17-30)21-8-4-3-5-9-21/h6-7,10-11,20-21H,3-5,8-9,12-19H2,1-2H3/t20-/m0/s1. The molecule has 3 fully saturated rings. The van der Waals surface area contributed by atoms with Crippen LogP contribution in [0.15, 0.2) is 24.4 Å². The largest absolute Gasteiger partial charge is 0.335 e. The highest BCUT2D eigenvalue weighted by atomic mass is 16.2. The number of likely N-dealkylation sites (N-methyl/N-ethyl adjacent to an activating group) is 1. The molecule has 7 heteroatoms. The maximum atomic E-state index is 13.6. The summed E-state index contributed by atoms with van der Waals surface area (Å²) < 4.78 is 2.12. The maximum absolute atomic E-state index is 13.6. The average molecular weight is 439 g/mol. The third-order valence-electron chi connectivity index (χ3n) is 7.94. The molecule has 4 heterocycles. The Kier molecular flexibility index (Phi) is 6.49. The van der Waals surface area contributed by atoms with E-state index in [1.54, 1.807) is 0 Å². The Hall–Kier alpha value is -1.96. The van der Waals surface area contributed by atoms with Crippen molar-refractivity contribution in [3.8, 4) is 0 Å². The van der Waals surface area contributed by atoms with E-state index in [0.29, 0.717) is 11.7 Å². The number of aromatic nitrogens is 2. The molecule has 0 N–H and O–H groups in total. The fourth-order valence-electron chi connectivity index (χ4n) is 5.73. The van der Waals surface area contributed by atoms with Crippen molar-refractivity contribution in [2.24, 2.45) is 0 Å². The zero-order valence-corrected chi connectivity index (χ0v) is 19.7. The Labute approximate surface area is 192 Å². The van der Waals surface area contributed by atoms with E-state index in [0.717, 1.165) is 69.7 Å². The van der Waals surface area contributed by atoms with Crippen LogP contribution in [0.4, 0.5) is 0 Å². The molecule has 174 valence electrons. The molecule has 0 spiro atoms. The molecule has 1 atom stereocenters. The Morgan fingerprint density at radius 3 is 2.56 bits per heavy atom. The second kappa shape index (κ2) is 9.49. The van der Waals surface area contributed by atoms with Gasteiger partial charge in [-0.25, -0.2) is 4.98 Å². The molecule has 32 heavy (non-hydrogen) atoms. The van der Waals surface area contributed by atoms with E-state index >= 15 is 0 Å². The van der Waals surface area contributed by atoms with Crippen molar-refractivity contribution in [3.05, 3.63) is 35.8 Å². The number of hydrogen-bond acceptors (Lipinski definition) is 5. The van der Waals surface area contributed by atoms with Crippen molar-refractivity contribution >= 4 is 11.6 Å². The van der Waals surface area contributed by atoms with E-state index in [2.05, 4.69) is 39.3 Å². The van der Waals surface area contributed by atoms with Gasteiger partial charge in [0.15, 0.2) is 5.69 Å². The van der Waals surface area contributed by atoms with E-state index in [4.69, 9.17) is 4.98 Å². The summed E-state index contributed by atoms with van der Waals surface area (Å²) in [4.78, 5) is 28.0. The molecular weight excluding hydrogens is 400 g/mol. The number of pyridine rings is 1. The fourth-order valence-corrected chi connectivity index (χ4v) is 5.73. The number of rotatable bonds is 4. The minimum Gasteiger partial charge on any atom is -0.335 e. The molecule has 2 aliphatic heterocycles. The number of carbonyl (C=O) groups excluding carboxylic acids is 1. The smallest absolute Gasteiger partial charge is 0.274 e. The number of fused-ring (bicyclic) bond motifs is 1. The molecule has 1 saturated carbocycles. The summed E-state index contributed by atoms with van der Waals surface area (Å²) in [6.07, 6.45) is 8.81. The topological polar surface area (TPSA) is 47.3 Å². The van der Waals surface area contributed by atoms with Crippen molar-refractivity contribution in [3.63, 3.8) is 0 Å². The van der Waals surface area contributed by atoms with Crippen LogP contribution in [0.2, 0.25) is 0 Å². The molecule has 7 nitrogen and oxygen atoms in total. The maximum Gasteiger partial charge on any atom is 0.274 e. The van der Waals surface area contributed by atoms with Gasteiger partial charge < -0.3 is 14.2 Å². The van der Waals surface area contributed by atoms with Crippen LogP contribution >= 0.6 is 0 Å². The lowest BCUT2D eigenvalue weighted by Gasteiger charge is -2.40.